The van der Waals surface area contributed by atoms with E-state index in [0.717, 1.165) is 27.9 Å². The Bertz CT molecular complexity index is 1310. The fourth-order valence-electron chi connectivity index (χ4n) is 3.94. The predicted octanol–water partition coefficient (Wildman–Crippen LogP) is 5.72. The molecule has 0 spiro atoms. The van der Waals surface area contributed by atoms with E-state index in [0.29, 0.717) is 43.4 Å². The normalized spacial score (nSPS) is 10.6. The number of hydrogen-bond donors (Lipinski definition) is 0. The predicted molar refractivity (Wildman–Crippen MR) is 143 cm³/mol. The third kappa shape index (κ3) is 7.66. The largest absolute Gasteiger partial charge is 0.493 e. The summed E-state index contributed by atoms with van der Waals surface area (Å²) in [6.07, 6.45) is 1.01. The molecule has 1 heterocycles. The number of rotatable bonds is 13. The number of Topliss-reactive ketones (excluding diaryl/α,β-unsaturated/α-hetero) is 1. The Morgan fingerprint density at radius 2 is 1.54 bits per heavy atom. The molecule has 1 aromatic heterocycles. The number of carbonyl (C=O) groups is 1. The second-order valence-corrected chi connectivity index (χ2v) is 8.54. The molecule has 0 N–H and O–H groups in total. The Hall–Kier alpha value is -4.16. The van der Waals surface area contributed by atoms with E-state index in [4.69, 9.17) is 18.9 Å². The van der Waals surface area contributed by atoms with E-state index in [2.05, 4.69) is 4.98 Å². The molecule has 0 fully saturated rings. The van der Waals surface area contributed by atoms with E-state index in [9.17, 15) is 4.79 Å². The van der Waals surface area contributed by atoms with Crippen LogP contribution in [0.1, 0.15) is 16.7 Å². The summed E-state index contributed by atoms with van der Waals surface area (Å²) in [5.74, 6) is 1.98. The lowest BCUT2D eigenvalue weighted by molar-refractivity contribution is -0.123. The highest BCUT2D eigenvalue weighted by molar-refractivity contribution is 5.82. The standard InChI is InChI=1S/C31H31NO5/c1-34-29-15-14-23(20-30(29)35-2)16-17-37-31-13-7-12-28(32-31)26-11-6-10-25(18-26)19-27(33)22-36-21-24-8-4-3-5-9-24/h3-15,18,20H,16-17,19,21-22H2,1-2H3. The van der Waals surface area contributed by atoms with Crippen LogP contribution in [-0.2, 0) is 29.0 Å². The first-order valence-corrected chi connectivity index (χ1v) is 12.2. The fourth-order valence-corrected chi connectivity index (χ4v) is 3.94. The van der Waals surface area contributed by atoms with Gasteiger partial charge in [-0.3, -0.25) is 4.79 Å². The zero-order valence-corrected chi connectivity index (χ0v) is 21.2. The molecule has 0 bridgehead atoms. The molecule has 4 aromatic rings. The summed E-state index contributed by atoms with van der Waals surface area (Å²) < 4.78 is 22.2. The molecule has 0 amide bonds. The lowest BCUT2D eigenvalue weighted by Gasteiger charge is -2.11. The summed E-state index contributed by atoms with van der Waals surface area (Å²) >= 11 is 0. The number of pyridine rings is 1. The van der Waals surface area contributed by atoms with Gasteiger partial charge in [0.05, 0.1) is 33.1 Å². The van der Waals surface area contributed by atoms with Crippen LogP contribution in [0, 0.1) is 0 Å². The number of hydrogen-bond acceptors (Lipinski definition) is 6. The van der Waals surface area contributed by atoms with Crippen LogP contribution in [0.25, 0.3) is 11.3 Å². The van der Waals surface area contributed by atoms with Crippen molar-refractivity contribution in [2.24, 2.45) is 0 Å². The molecule has 0 aliphatic heterocycles. The highest BCUT2D eigenvalue weighted by Crippen LogP contribution is 2.28. The van der Waals surface area contributed by atoms with Crippen molar-refractivity contribution >= 4 is 5.78 Å². The third-order valence-corrected chi connectivity index (χ3v) is 5.81. The first-order chi connectivity index (χ1) is 18.1. The monoisotopic (exact) mass is 497 g/mol. The van der Waals surface area contributed by atoms with Gasteiger partial charge in [-0.15, -0.1) is 0 Å². The number of ether oxygens (including phenoxy) is 4. The van der Waals surface area contributed by atoms with Gasteiger partial charge in [0.15, 0.2) is 17.3 Å². The molecule has 6 heteroatoms. The van der Waals surface area contributed by atoms with Crippen molar-refractivity contribution in [2.45, 2.75) is 19.4 Å². The lowest BCUT2D eigenvalue weighted by Crippen LogP contribution is -2.11. The number of aromatic nitrogens is 1. The van der Waals surface area contributed by atoms with Crippen LogP contribution in [0.3, 0.4) is 0 Å². The molecule has 0 unspecified atom stereocenters. The summed E-state index contributed by atoms with van der Waals surface area (Å²) in [5.41, 5.74) is 4.78. The minimum absolute atomic E-state index is 0.0355. The summed E-state index contributed by atoms with van der Waals surface area (Å²) in [6, 6.07) is 29.2. The molecule has 190 valence electrons. The topological polar surface area (TPSA) is 66.9 Å². The van der Waals surface area contributed by atoms with Gasteiger partial charge in [-0.1, -0.05) is 60.7 Å². The second-order valence-electron chi connectivity index (χ2n) is 8.54. The van der Waals surface area contributed by atoms with Crippen molar-refractivity contribution < 1.29 is 23.7 Å². The van der Waals surface area contributed by atoms with Gasteiger partial charge < -0.3 is 18.9 Å². The zero-order valence-electron chi connectivity index (χ0n) is 21.2. The maximum absolute atomic E-state index is 12.4. The number of benzene rings is 3. The number of methoxy groups -OCH3 is 2. The molecular formula is C31H31NO5. The maximum atomic E-state index is 12.4. The molecule has 0 aliphatic carbocycles. The Morgan fingerprint density at radius 3 is 2.35 bits per heavy atom. The fraction of sp³-hybridized carbons (Fsp3) is 0.226. The van der Waals surface area contributed by atoms with Crippen LogP contribution in [0.5, 0.6) is 17.4 Å². The van der Waals surface area contributed by atoms with Crippen molar-refractivity contribution in [3.63, 3.8) is 0 Å². The van der Waals surface area contributed by atoms with Crippen LogP contribution in [0.4, 0.5) is 0 Å². The molecule has 4 rings (SSSR count). The Labute approximate surface area is 217 Å². The molecule has 6 nitrogen and oxygen atoms in total. The van der Waals surface area contributed by atoms with Crippen LogP contribution in [-0.4, -0.2) is 38.2 Å². The van der Waals surface area contributed by atoms with Gasteiger partial charge in [0.1, 0.15) is 6.61 Å². The molecule has 0 aliphatic rings. The van der Waals surface area contributed by atoms with E-state index >= 15 is 0 Å². The first-order valence-electron chi connectivity index (χ1n) is 12.2. The summed E-state index contributed by atoms with van der Waals surface area (Å²) in [7, 11) is 3.24. The molecule has 0 radical (unpaired) electrons. The Kier molecular flexibility index (Phi) is 9.27. The van der Waals surface area contributed by atoms with Gasteiger partial charge in [-0.05, 0) is 41.0 Å². The molecule has 0 atom stereocenters. The number of nitrogens with zero attached hydrogens (tertiary/aromatic N) is 1. The molecular weight excluding hydrogens is 466 g/mol. The van der Waals surface area contributed by atoms with Crippen LogP contribution >= 0.6 is 0 Å². The smallest absolute Gasteiger partial charge is 0.213 e. The van der Waals surface area contributed by atoms with Gasteiger partial charge in [0.25, 0.3) is 0 Å². The SMILES string of the molecule is COc1ccc(CCOc2cccc(-c3cccc(CC(=O)COCc4ccccc4)c3)n2)cc1OC. The van der Waals surface area contributed by atoms with Crippen LogP contribution in [0.2, 0.25) is 0 Å². The van der Waals surface area contributed by atoms with Crippen molar-refractivity contribution in [3.8, 4) is 28.6 Å². The lowest BCUT2D eigenvalue weighted by atomic mass is 10.0. The summed E-state index contributed by atoms with van der Waals surface area (Å²) in [4.78, 5) is 17.1. The van der Waals surface area contributed by atoms with E-state index in [1.807, 2.05) is 91.0 Å². The van der Waals surface area contributed by atoms with Gasteiger partial charge in [0, 0.05) is 24.5 Å². The second kappa shape index (κ2) is 13.2. The van der Waals surface area contributed by atoms with Crippen LogP contribution < -0.4 is 14.2 Å². The zero-order chi connectivity index (χ0) is 25.9. The highest BCUT2D eigenvalue weighted by atomic mass is 16.5. The van der Waals surface area contributed by atoms with Crippen LogP contribution in [0.15, 0.2) is 91.0 Å². The average molecular weight is 498 g/mol. The summed E-state index contributed by atoms with van der Waals surface area (Å²) in [6.45, 7) is 0.986. The third-order valence-electron chi connectivity index (χ3n) is 5.81. The number of carbonyl (C=O) groups excluding carboxylic acids is 1. The van der Waals surface area contributed by atoms with Crippen molar-refractivity contribution in [1.82, 2.24) is 4.98 Å². The van der Waals surface area contributed by atoms with Crippen molar-refractivity contribution in [3.05, 3.63) is 108 Å². The number of ketones is 1. The quantitative estimate of drug-likeness (QED) is 0.236. The average Bonchev–Trinajstić information content (AvgIpc) is 2.94. The van der Waals surface area contributed by atoms with E-state index in [1.165, 1.54) is 0 Å². The Morgan fingerprint density at radius 1 is 0.757 bits per heavy atom. The van der Waals surface area contributed by atoms with E-state index in [-0.39, 0.29) is 12.4 Å². The highest BCUT2D eigenvalue weighted by Gasteiger charge is 2.09. The van der Waals surface area contributed by atoms with E-state index in [1.54, 1.807) is 14.2 Å². The first kappa shape index (κ1) is 25.9. The van der Waals surface area contributed by atoms with Gasteiger partial charge in [-0.25, -0.2) is 4.98 Å². The minimum Gasteiger partial charge on any atom is -0.493 e. The van der Waals surface area contributed by atoms with Crippen molar-refractivity contribution in [1.29, 1.82) is 0 Å². The molecule has 0 saturated carbocycles. The van der Waals surface area contributed by atoms with E-state index < -0.39 is 0 Å². The van der Waals surface area contributed by atoms with Crippen molar-refractivity contribution in [2.75, 3.05) is 27.4 Å². The summed E-state index contributed by atoms with van der Waals surface area (Å²) in [5, 5.41) is 0. The Balaban J connectivity index is 1.31. The van der Waals surface area contributed by atoms with Gasteiger partial charge >= 0.3 is 0 Å². The minimum atomic E-state index is 0.0355. The van der Waals surface area contributed by atoms with Gasteiger partial charge in [-0.2, -0.15) is 0 Å². The molecule has 0 saturated heterocycles. The van der Waals surface area contributed by atoms with Gasteiger partial charge in [0.2, 0.25) is 5.88 Å². The molecule has 3 aromatic carbocycles. The molecule has 37 heavy (non-hydrogen) atoms. The maximum Gasteiger partial charge on any atom is 0.213 e.